The second-order valence-electron chi connectivity index (χ2n) is 7.11. The molecule has 108 valence electrons. The average molecular weight is 266 g/mol. The van der Waals surface area contributed by atoms with Gasteiger partial charge in [0.25, 0.3) is 0 Å². The van der Waals surface area contributed by atoms with Crippen molar-refractivity contribution in [1.82, 2.24) is 10.2 Å². The molecule has 1 aliphatic carbocycles. The third kappa shape index (κ3) is 2.49. The highest BCUT2D eigenvalue weighted by Crippen LogP contribution is 2.46. The van der Waals surface area contributed by atoms with Gasteiger partial charge in [0.15, 0.2) is 0 Å². The van der Waals surface area contributed by atoms with Gasteiger partial charge in [0.2, 0.25) is 11.8 Å². The van der Waals surface area contributed by atoms with Crippen LogP contribution in [0, 0.1) is 11.3 Å². The fraction of sp³-hybridized carbons (Fsp3) is 0.867. The Labute approximate surface area is 115 Å². The summed E-state index contributed by atoms with van der Waals surface area (Å²) in [5.41, 5.74) is -0.497. The number of rotatable bonds is 4. The fourth-order valence-corrected chi connectivity index (χ4v) is 2.84. The Morgan fingerprint density at radius 2 is 1.89 bits per heavy atom. The number of hydrogen-bond donors (Lipinski definition) is 1. The molecule has 2 amide bonds. The van der Waals surface area contributed by atoms with Crippen LogP contribution < -0.4 is 5.32 Å². The van der Waals surface area contributed by atoms with E-state index in [1.165, 1.54) is 0 Å². The van der Waals surface area contributed by atoms with E-state index in [0.29, 0.717) is 6.42 Å². The first-order chi connectivity index (χ1) is 8.72. The minimum absolute atomic E-state index is 0.00296. The predicted octanol–water partition coefficient (Wildman–Crippen LogP) is 1.94. The van der Waals surface area contributed by atoms with Crippen LogP contribution in [0.25, 0.3) is 0 Å². The van der Waals surface area contributed by atoms with E-state index in [0.717, 1.165) is 19.4 Å². The summed E-state index contributed by atoms with van der Waals surface area (Å²) in [6, 6.07) is -0.315. The normalized spacial score (nSPS) is 33.6. The molecule has 2 unspecified atom stereocenters. The van der Waals surface area contributed by atoms with E-state index in [-0.39, 0.29) is 29.2 Å². The van der Waals surface area contributed by atoms with Crippen LogP contribution in [0.2, 0.25) is 0 Å². The Kier molecular flexibility index (Phi) is 3.40. The second-order valence-corrected chi connectivity index (χ2v) is 7.11. The van der Waals surface area contributed by atoms with Crippen molar-refractivity contribution in [2.45, 2.75) is 65.5 Å². The summed E-state index contributed by atoms with van der Waals surface area (Å²) in [5.74, 6) is 0.234. The summed E-state index contributed by atoms with van der Waals surface area (Å²) in [6.07, 6.45) is 2.95. The zero-order valence-corrected chi connectivity index (χ0v) is 12.7. The lowest BCUT2D eigenvalue weighted by atomic mass is 9.87. The number of amides is 2. The van der Waals surface area contributed by atoms with Crippen LogP contribution in [0.5, 0.6) is 0 Å². The molecular formula is C15H26N2O2. The summed E-state index contributed by atoms with van der Waals surface area (Å²) < 4.78 is 0. The van der Waals surface area contributed by atoms with Crippen LogP contribution in [0.3, 0.4) is 0 Å². The van der Waals surface area contributed by atoms with Crippen LogP contribution in [0.15, 0.2) is 0 Å². The van der Waals surface area contributed by atoms with E-state index in [1.54, 1.807) is 0 Å². The van der Waals surface area contributed by atoms with Gasteiger partial charge in [0.1, 0.15) is 11.6 Å². The number of carbonyl (C=O) groups is 2. The number of carbonyl (C=O) groups excluding carboxylic acids is 2. The molecule has 0 aromatic carbocycles. The van der Waals surface area contributed by atoms with Gasteiger partial charge in [0, 0.05) is 6.54 Å². The molecule has 19 heavy (non-hydrogen) atoms. The smallest absolute Gasteiger partial charge is 0.248 e. The molecule has 1 saturated carbocycles. The molecule has 4 nitrogen and oxygen atoms in total. The Balaban J connectivity index is 2.29. The maximum Gasteiger partial charge on any atom is 0.248 e. The number of hydrogen-bond acceptors (Lipinski definition) is 2. The van der Waals surface area contributed by atoms with Crippen molar-refractivity contribution in [3.63, 3.8) is 0 Å². The van der Waals surface area contributed by atoms with Crippen LogP contribution in [-0.2, 0) is 9.59 Å². The lowest BCUT2D eigenvalue weighted by molar-refractivity contribution is -0.157. The molecule has 2 fully saturated rings. The molecule has 2 atom stereocenters. The first-order valence-electron chi connectivity index (χ1n) is 7.35. The maximum atomic E-state index is 12.8. The van der Waals surface area contributed by atoms with Crippen LogP contribution in [0.1, 0.15) is 53.9 Å². The molecule has 1 saturated heterocycles. The van der Waals surface area contributed by atoms with E-state index >= 15 is 0 Å². The maximum absolute atomic E-state index is 12.8. The summed E-state index contributed by atoms with van der Waals surface area (Å²) >= 11 is 0. The quantitative estimate of drug-likeness (QED) is 0.845. The highest BCUT2D eigenvalue weighted by Gasteiger charge is 2.51. The molecule has 1 N–H and O–H groups in total. The summed E-state index contributed by atoms with van der Waals surface area (Å²) in [4.78, 5) is 27.0. The molecule has 0 spiro atoms. The van der Waals surface area contributed by atoms with Crippen molar-refractivity contribution in [3.05, 3.63) is 0 Å². The summed E-state index contributed by atoms with van der Waals surface area (Å²) in [5, 5.41) is 2.93. The van der Waals surface area contributed by atoms with Gasteiger partial charge in [0.05, 0.1) is 0 Å². The van der Waals surface area contributed by atoms with Gasteiger partial charge in [-0.2, -0.15) is 0 Å². The van der Waals surface area contributed by atoms with Crippen molar-refractivity contribution in [2.75, 3.05) is 6.54 Å². The SMILES string of the molecule is CCC1(C)NC(=O)C(C(C)C)N(CC2(C)CC2)C1=O. The Hall–Kier alpha value is -1.06. The Morgan fingerprint density at radius 1 is 1.32 bits per heavy atom. The zero-order chi connectivity index (χ0) is 14.4. The highest BCUT2D eigenvalue weighted by atomic mass is 16.2. The monoisotopic (exact) mass is 266 g/mol. The average Bonchev–Trinajstić information content (AvgIpc) is 3.03. The molecule has 2 rings (SSSR count). The lowest BCUT2D eigenvalue weighted by Gasteiger charge is -2.46. The third-order valence-electron chi connectivity index (χ3n) is 4.73. The van der Waals surface area contributed by atoms with Crippen LogP contribution in [-0.4, -0.2) is 34.8 Å². The van der Waals surface area contributed by atoms with Gasteiger partial charge in [-0.3, -0.25) is 9.59 Å². The second kappa shape index (κ2) is 4.50. The molecule has 1 heterocycles. The molecule has 1 aliphatic heterocycles. The van der Waals surface area contributed by atoms with Gasteiger partial charge in [-0.05, 0) is 37.5 Å². The van der Waals surface area contributed by atoms with E-state index in [4.69, 9.17) is 0 Å². The van der Waals surface area contributed by atoms with Gasteiger partial charge in [-0.1, -0.05) is 27.7 Å². The number of piperazine rings is 1. The van der Waals surface area contributed by atoms with Gasteiger partial charge in [-0.15, -0.1) is 0 Å². The van der Waals surface area contributed by atoms with Gasteiger partial charge in [-0.25, -0.2) is 0 Å². The first kappa shape index (κ1) is 14.4. The zero-order valence-electron chi connectivity index (χ0n) is 12.7. The minimum Gasteiger partial charge on any atom is -0.340 e. The number of nitrogens with zero attached hydrogens (tertiary/aromatic N) is 1. The van der Waals surface area contributed by atoms with E-state index in [2.05, 4.69) is 12.2 Å². The third-order valence-corrected chi connectivity index (χ3v) is 4.73. The molecular weight excluding hydrogens is 240 g/mol. The fourth-order valence-electron chi connectivity index (χ4n) is 2.84. The largest absolute Gasteiger partial charge is 0.340 e. The van der Waals surface area contributed by atoms with E-state index in [1.807, 2.05) is 32.6 Å². The molecule has 2 aliphatic rings. The standard InChI is InChI=1S/C15H26N2O2/c1-6-15(5)13(19)17(9-14(4)7-8-14)11(10(2)3)12(18)16-15/h10-11H,6-9H2,1-5H3,(H,16,18). The van der Waals surface area contributed by atoms with E-state index in [9.17, 15) is 9.59 Å². The summed E-state index contributed by atoms with van der Waals surface area (Å²) in [7, 11) is 0. The molecule has 0 aromatic heterocycles. The topological polar surface area (TPSA) is 49.4 Å². The van der Waals surface area contributed by atoms with Crippen molar-refractivity contribution in [1.29, 1.82) is 0 Å². The van der Waals surface area contributed by atoms with Crippen LogP contribution >= 0.6 is 0 Å². The van der Waals surface area contributed by atoms with Gasteiger partial charge < -0.3 is 10.2 Å². The molecule has 0 bridgehead atoms. The van der Waals surface area contributed by atoms with E-state index < -0.39 is 5.54 Å². The number of nitrogens with one attached hydrogen (secondary N) is 1. The minimum atomic E-state index is -0.728. The van der Waals surface area contributed by atoms with Crippen molar-refractivity contribution in [3.8, 4) is 0 Å². The van der Waals surface area contributed by atoms with Crippen molar-refractivity contribution < 1.29 is 9.59 Å². The molecule has 0 aromatic rings. The summed E-state index contributed by atoms with van der Waals surface area (Å²) in [6.45, 7) is 10.7. The Bertz CT molecular complexity index is 401. The first-order valence-corrected chi connectivity index (χ1v) is 7.35. The lowest BCUT2D eigenvalue weighted by Crippen LogP contribution is -2.70. The van der Waals surface area contributed by atoms with Crippen molar-refractivity contribution in [2.24, 2.45) is 11.3 Å². The molecule has 4 heteroatoms. The Morgan fingerprint density at radius 3 is 2.32 bits per heavy atom. The molecule has 0 radical (unpaired) electrons. The van der Waals surface area contributed by atoms with Gasteiger partial charge >= 0.3 is 0 Å². The predicted molar refractivity (Wildman–Crippen MR) is 74.5 cm³/mol. The highest BCUT2D eigenvalue weighted by molar-refractivity contribution is 5.99. The van der Waals surface area contributed by atoms with Crippen LogP contribution in [0.4, 0.5) is 0 Å². The van der Waals surface area contributed by atoms with Crippen molar-refractivity contribution >= 4 is 11.8 Å².